The number of anilines is 2. The molecular weight excluding hydrogens is 352 g/mol. The predicted molar refractivity (Wildman–Crippen MR) is 100 cm³/mol. The molecule has 2 aromatic rings. The van der Waals surface area contributed by atoms with E-state index in [1.165, 1.54) is 6.07 Å². The lowest BCUT2D eigenvalue weighted by Crippen LogP contribution is -2.42. The van der Waals surface area contributed by atoms with Crippen molar-refractivity contribution >= 4 is 17.3 Å². The van der Waals surface area contributed by atoms with Gasteiger partial charge in [0.05, 0.1) is 19.9 Å². The highest BCUT2D eigenvalue weighted by Gasteiger charge is 2.22. The van der Waals surface area contributed by atoms with E-state index in [4.69, 9.17) is 5.73 Å². The van der Waals surface area contributed by atoms with E-state index in [1.807, 2.05) is 12.1 Å². The monoisotopic (exact) mass is 373 g/mol. The summed E-state index contributed by atoms with van der Waals surface area (Å²) in [5.74, 6) is -2.20. The van der Waals surface area contributed by atoms with Gasteiger partial charge >= 0.3 is 0 Å². The summed E-state index contributed by atoms with van der Waals surface area (Å²) in [5, 5.41) is 5.43. The van der Waals surface area contributed by atoms with Crippen molar-refractivity contribution in [2.24, 2.45) is 5.73 Å². The molecule has 8 heteroatoms. The number of hydrogen-bond acceptors (Lipinski definition) is 5. The first-order valence-corrected chi connectivity index (χ1v) is 8.48. The number of benzene rings is 2. The average Bonchev–Trinajstić information content (AvgIpc) is 3.30. The van der Waals surface area contributed by atoms with Gasteiger partial charge in [0.15, 0.2) is 11.6 Å². The van der Waals surface area contributed by atoms with Crippen LogP contribution in [0.1, 0.15) is 5.56 Å². The van der Waals surface area contributed by atoms with E-state index in [0.29, 0.717) is 17.9 Å². The molecule has 3 aliphatic heterocycles. The van der Waals surface area contributed by atoms with Gasteiger partial charge in [-0.3, -0.25) is 4.79 Å². The van der Waals surface area contributed by atoms with Crippen molar-refractivity contribution in [3.05, 3.63) is 72.1 Å². The first kappa shape index (κ1) is 18.7. The fraction of sp³-hybridized carbons (Fsp3) is 0.211. The Hall–Kier alpha value is -3.13. The molecule has 0 aliphatic carbocycles. The van der Waals surface area contributed by atoms with Crippen LogP contribution in [-0.4, -0.2) is 35.6 Å². The van der Waals surface area contributed by atoms with Gasteiger partial charge in [-0.1, -0.05) is 18.2 Å². The van der Waals surface area contributed by atoms with Gasteiger partial charge in [0.1, 0.15) is 0 Å². The van der Waals surface area contributed by atoms with E-state index >= 15 is 0 Å². The van der Waals surface area contributed by atoms with Crippen LogP contribution in [0.5, 0.6) is 0 Å². The van der Waals surface area contributed by atoms with Crippen LogP contribution in [0.15, 0.2) is 54.9 Å². The van der Waals surface area contributed by atoms with Crippen LogP contribution >= 0.6 is 0 Å². The van der Waals surface area contributed by atoms with E-state index in [9.17, 15) is 13.6 Å². The van der Waals surface area contributed by atoms with Crippen molar-refractivity contribution < 1.29 is 13.6 Å². The second kappa shape index (κ2) is 8.50. The first-order chi connectivity index (χ1) is 13.0. The van der Waals surface area contributed by atoms with Crippen LogP contribution < -0.4 is 16.4 Å². The van der Waals surface area contributed by atoms with Gasteiger partial charge in [-0.15, -0.1) is 0 Å². The van der Waals surface area contributed by atoms with Gasteiger partial charge in [0.2, 0.25) is 5.91 Å². The molecule has 5 rings (SSSR count). The van der Waals surface area contributed by atoms with Gasteiger partial charge in [0.25, 0.3) is 0 Å². The lowest BCUT2D eigenvalue weighted by Gasteiger charge is -2.32. The summed E-state index contributed by atoms with van der Waals surface area (Å²) >= 11 is 0. The standard InChI is InChI=1S/C15H15F2N3O.C4H6N2/c16-12-6-5-11(7-13(12)17)19-9-15(21)20-14-4-2-1-3-10(14)8-18;1-2-6-3-5(1)4-6/h1-7,19H,8-9,18H2,(H,20,21);1-2H,3-4H2. The first-order valence-electron chi connectivity index (χ1n) is 8.48. The van der Waals surface area contributed by atoms with Crippen molar-refractivity contribution in [3.8, 4) is 0 Å². The zero-order valence-corrected chi connectivity index (χ0v) is 14.7. The van der Waals surface area contributed by atoms with Gasteiger partial charge in [-0.05, 0) is 23.8 Å². The minimum atomic E-state index is -0.964. The molecule has 0 spiro atoms. The highest BCUT2D eigenvalue weighted by molar-refractivity contribution is 5.94. The summed E-state index contributed by atoms with van der Waals surface area (Å²) in [6.45, 7) is 2.52. The van der Waals surface area contributed by atoms with E-state index < -0.39 is 11.6 Å². The summed E-state index contributed by atoms with van der Waals surface area (Å²) in [7, 11) is 0. The van der Waals surface area contributed by atoms with E-state index in [-0.39, 0.29) is 12.5 Å². The van der Waals surface area contributed by atoms with Crippen molar-refractivity contribution in [2.75, 3.05) is 30.5 Å². The summed E-state index contributed by atoms with van der Waals surface area (Å²) < 4.78 is 25.8. The zero-order chi connectivity index (χ0) is 19.2. The fourth-order valence-electron chi connectivity index (χ4n) is 2.61. The quantitative estimate of drug-likeness (QED) is 0.751. The van der Waals surface area contributed by atoms with Gasteiger partial charge < -0.3 is 26.2 Å². The topological polar surface area (TPSA) is 73.6 Å². The molecule has 0 unspecified atom stereocenters. The molecule has 1 amide bonds. The predicted octanol–water partition coefficient (Wildman–Crippen LogP) is 2.48. The zero-order valence-electron chi connectivity index (χ0n) is 14.7. The molecule has 0 atom stereocenters. The molecule has 4 N–H and O–H groups in total. The number of para-hydroxylation sites is 1. The Morgan fingerprint density at radius 2 is 1.74 bits per heavy atom. The maximum Gasteiger partial charge on any atom is 0.243 e. The minimum Gasteiger partial charge on any atom is -0.376 e. The molecular formula is C19H21F2N5O. The van der Waals surface area contributed by atoms with Crippen molar-refractivity contribution in [1.29, 1.82) is 0 Å². The Bertz CT molecular complexity index is 827. The van der Waals surface area contributed by atoms with Crippen molar-refractivity contribution in [1.82, 2.24) is 9.80 Å². The van der Waals surface area contributed by atoms with Gasteiger partial charge in [0, 0.05) is 36.4 Å². The van der Waals surface area contributed by atoms with E-state index in [1.54, 1.807) is 12.1 Å². The highest BCUT2D eigenvalue weighted by atomic mass is 19.2. The number of amides is 1. The summed E-state index contributed by atoms with van der Waals surface area (Å²) in [6, 6.07) is 10.5. The molecule has 142 valence electrons. The third kappa shape index (κ3) is 4.95. The average molecular weight is 373 g/mol. The SMILES string of the molecule is C1=CN2CN1C2.NCc1ccccc1NC(=O)CNc1ccc(F)c(F)c1. The smallest absolute Gasteiger partial charge is 0.243 e. The summed E-state index contributed by atoms with van der Waals surface area (Å²) in [5.41, 5.74) is 7.36. The highest BCUT2D eigenvalue weighted by Crippen LogP contribution is 2.16. The van der Waals surface area contributed by atoms with E-state index in [2.05, 4.69) is 32.8 Å². The summed E-state index contributed by atoms with van der Waals surface area (Å²) in [6.07, 6.45) is 4.22. The Morgan fingerprint density at radius 1 is 1.04 bits per heavy atom. The Morgan fingerprint density at radius 3 is 2.33 bits per heavy atom. The molecule has 0 radical (unpaired) electrons. The number of nitrogens with two attached hydrogens (primary N) is 1. The maximum absolute atomic E-state index is 13.0. The number of nitrogens with one attached hydrogen (secondary N) is 2. The molecule has 27 heavy (non-hydrogen) atoms. The lowest BCUT2D eigenvalue weighted by molar-refractivity contribution is -0.114. The Balaban J connectivity index is 0.000000290. The van der Waals surface area contributed by atoms with Crippen LogP contribution in [-0.2, 0) is 11.3 Å². The lowest BCUT2D eigenvalue weighted by atomic mass is 10.2. The molecule has 0 saturated carbocycles. The van der Waals surface area contributed by atoms with Crippen LogP contribution in [0.4, 0.5) is 20.2 Å². The molecule has 3 aliphatic rings. The van der Waals surface area contributed by atoms with Crippen molar-refractivity contribution in [2.45, 2.75) is 6.54 Å². The van der Waals surface area contributed by atoms with E-state index in [0.717, 1.165) is 31.0 Å². The second-order valence-corrected chi connectivity index (χ2v) is 6.15. The Kier molecular flexibility index (Phi) is 5.87. The maximum atomic E-state index is 13.0. The molecule has 2 aromatic carbocycles. The fourth-order valence-corrected chi connectivity index (χ4v) is 2.61. The van der Waals surface area contributed by atoms with Crippen LogP contribution in [0.2, 0.25) is 0 Å². The number of carbonyl (C=O) groups excluding carboxylic acids is 1. The third-order valence-electron chi connectivity index (χ3n) is 4.10. The molecule has 1 fully saturated rings. The van der Waals surface area contributed by atoms with Gasteiger partial charge in [-0.2, -0.15) is 0 Å². The number of hydrogen-bond donors (Lipinski definition) is 3. The van der Waals surface area contributed by atoms with Crippen LogP contribution in [0.3, 0.4) is 0 Å². The number of carbonyl (C=O) groups is 1. The minimum absolute atomic E-state index is 0.0655. The Labute approximate surface area is 156 Å². The molecule has 3 heterocycles. The normalized spacial score (nSPS) is 13.6. The molecule has 6 nitrogen and oxygen atoms in total. The number of halogens is 2. The number of rotatable bonds is 5. The molecule has 2 bridgehead atoms. The van der Waals surface area contributed by atoms with Crippen LogP contribution in [0, 0.1) is 11.6 Å². The molecule has 0 aromatic heterocycles. The molecule has 1 saturated heterocycles. The van der Waals surface area contributed by atoms with Crippen LogP contribution in [0.25, 0.3) is 0 Å². The third-order valence-corrected chi connectivity index (χ3v) is 4.10. The summed E-state index contributed by atoms with van der Waals surface area (Å²) in [4.78, 5) is 16.3. The van der Waals surface area contributed by atoms with Crippen molar-refractivity contribution in [3.63, 3.8) is 0 Å². The largest absolute Gasteiger partial charge is 0.376 e. The van der Waals surface area contributed by atoms with Gasteiger partial charge in [-0.25, -0.2) is 8.78 Å². The second-order valence-electron chi connectivity index (χ2n) is 6.15. The number of nitrogens with zero attached hydrogens (tertiary/aromatic N) is 2.